The van der Waals surface area contributed by atoms with E-state index < -0.39 is 0 Å². The molecule has 3 aliphatic rings. The van der Waals surface area contributed by atoms with Gasteiger partial charge in [0.25, 0.3) is 0 Å². The summed E-state index contributed by atoms with van der Waals surface area (Å²) in [6.07, 6.45) is 9.93. The highest BCUT2D eigenvalue weighted by atomic mass is 14.7. The van der Waals surface area contributed by atoms with Gasteiger partial charge < -0.3 is 0 Å². The largest absolute Gasteiger partial charge is 0.0813 e. The minimum atomic E-state index is 0.561. The van der Waals surface area contributed by atoms with E-state index in [-0.39, 0.29) is 0 Å². The molecule has 0 amide bonds. The Kier molecular flexibility index (Phi) is 1.67. The minimum Gasteiger partial charge on any atom is -0.0813 e. The van der Waals surface area contributed by atoms with Gasteiger partial charge in [0.15, 0.2) is 0 Å². The molecule has 3 rings (SSSR count). The van der Waals surface area contributed by atoms with Crippen molar-refractivity contribution >= 4 is 0 Å². The third kappa shape index (κ3) is 0.990. The van der Waals surface area contributed by atoms with Crippen LogP contribution in [0.15, 0.2) is 11.6 Å². The van der Waals surface area contributed by atoms with Gasteiger partial charge in [0.1, 0.15) is 0 Å². The fraction of sp³-hybridized carbons (Fsp3) is 0.867. The second-order valence-corrected chi connectivity index (χ2v) is 7.34. The molecular formula is C15H24. The van der Waals surface area contributed by atoms with Crippen molar-refractivity contribution in [2.24, 2.45) is 22.2 Å². The van der Waals surface area contributed by atoms with Crippen LogP contribution in [0.3, 0.4) is 0 Å². The van der Waals surface area contributed by atoms with E-state index in [0.29, 0.717) is 16.2 Å². The van der Waals surface area contributed by atoms with E-state index in [9.17, 15) is 0 Å². The smallest absolute Gasteiger partial charge is 0.00568 e. The van der Waals surface area contributed by atoms with E-state index in [4.69, 9.17) is 0 Å². The molecule has 0 bridgehead atoms. The molecule has 0 aliphatic heterocycles. The predicted octanol–water partition coefficient (Wildman–Crippen LogP) is 4.56. The van der Waals surface area contributed by atoms with Gasteiger partial charge in [-0.3, -0.25) is 0 Å². The molecule has 3 aliphatic carbocycles. The molecule has 15 heavy (non-hydrogen) atoms. The Labute approximate surface area is 94.1 Å². The summed E-state index contributed by atoms with van der Waals surface area (Å²) in [4.78, 5) is 0. The molecule has 0 radical (unpaired) electrons. The third-order valence-electron chi connectivity index (χ3n) is 6.00. The first-order valence-corrected chi connectivity index (χ1v) is 6.59. The lowest BCUT2D eigenvalue weighted by Crippen LogP contribution is -2.34. The summed E-state index contributed by atoms with van der Waals surface area (Å²) in [6, 6.07) is 0. The van der Waals surface area contributed by atoms with Crippen LogP contribution in [0.4, 0.5) is 0 Å². The van der Waals surface area contributed by atoms with Gasteiger partial charge in [-0.05, 0) is 54.8 Å². The van der Waals surface area contributed by atoms with Gasteiger partial charge in [-0.25, -0.2) is 0 Å². The van der Waals surface area contributed by atoms with Crippen molar-refractivity contribution < 1.29 is 0 Å². The van der Waals surface area contributed by atoms with Gasteiger partial charge in [0.2, 0.25) is 0 Å². The normalized spacial score (nSPS) is 51.5. The number of hydrogen-bond donors (Lipinski definition) is 0. The zero-order valence-corrected chi connectivity index (χ0v) is 10.7. The molecule has 2 fully saturated rings. The molecule has 0 unspecified atom stereocenters. The first-order chi connectivity index (χ1) is 6.90. The van der Waals surface area contributed by atoms with Crippen molar-refractivity contribution in [1.82, 2.24) is 0 Å². The maximum absolute atomic E-state index is 2.63. The lowest BCUT2D eigenvalue weighted by molar-refractivity contribution is 0.111. The SMILES string of the molecule is CC1=C[C@@H]2CC(C)(C)C[C@@]23CCC[C@@]13C. The highest BCUT2D eigenvalue weighted by molar-refractivity contribution is 5.32. The Balaban J connectivity index is 2.09. The lowest BCUT2D eigenvalue weighted by Gasteiger charge is -2.41. The lowest BCUT2D eigenvalue weighted by atomic mass is 9.63. The maximum atomic E-state index is 2.63. The van der Waals surface area contributed by atoms with Crippen molar-refractivity contribution in [2.75, 3.05) is 0 Å². The van der Waals surface area contributed by atoms with E-state index >= 15 is 0 Å². The Morgan fingerprint density at radius 2 is 1.93 bits per heavy atom. The predicted molar refractivity (Wildman–Crippen MR) is 64.7 cm³/mol. The summed E-state index contributed by atoms with van der Waals surface area (Å²) in [6.45, 7) is 9.88. The standard InChI is InChI=1S/C15H24/c1-11-8-12-9-13(2,3)10-15(12)7-5-6-14(11,15)4/h8,12H,5-7,9-10H2,1-4H3/t12-,14+,15+/m1/s1. The molecule has 3 atom stereocenters. The first-order valence-electron chi connectivity index (χ1n) is 6.59. The summed E-state index contributed by atoms with van der Waals surface area (Å²) in [5.41, 5.74) is 3.53. The van der Waals surface area contributed by atoms with Crippen LogP contribution in [0.2, 0.25) is 0 Å². The second kappa shape index (κ2) is 2.52. The average molecular weight is 204 g/mol. The molecule has 84 valence electrons. The van der Waals surface area contributed by atoms with E-state index in [1.165, 1.54) is 32.1 Å². The van der Waals surface area contributed by atoms with E-state index in [1.807, 2.05) is 0 Å². The molecular weight excluding hydrogens is 180 g/mol. The molecule has 0 nitrogen and oxygen atoms in total. The Hall–Kier alpha value is -0.260. The molecule has 1 spiro atoms. The van der Waals surface area contributed by atoms with Crippen molar-refractivity contribution in [1.29, 1.82) is 0 Å². The Morgan fingerprint density at radius 3 is 2.67 bits per heavy atom. The van der Waals surface area contributed by atoms with Gasteiger partial charge in [-0.1, -0.05) is 38.8 Å². The van der Waals surface area contributed by atoms with Crippen molar-refractivity contribution in [3.05, 3.63) is 11.6 Å². The molecule has 0 N–H and O–H groups in total. The van der Waals surface area contributed by atoms with Gasteiger partial charge in [0, 0.05) is 0 Å². The van der Waals surface area contributed by atoms with Crippen LogP contribution in [0, 0.1) is 22.2 Å². The number of rotatable bonds is 0. The van der Waals surface area contributed by atoms with Crippen molar-refractivity contribution in [3.63, 3.8) is 0 Å². The van der Waals surface area contributed by atoms with E-state index in [0.717, 1.165) is 5.92 Å². The minimum absolute atomic E-state index is 0.561. The van der Waals surface area contributed by atoms with Crippen LogP contribution in [-0.4, -0.2) is 0 Å². The van der Waals surface area contributed by atoms with Crippen LogP contribution in [0.25, 0.3) is 0 Å². The molecule has 0 aromatic rings. The van der Waals surface area contributed by atoms with Crippen LogP contribution in [0.1, 0.15) is 59.8 Å². The number of hydrogen-bond acceptors (Lipinski definition) is 0. The zero-order valence-electron chi connectivity index (χ0n) is 10.7. The fourth-order valence-corrected chi connectivity index (χ4v) is 5.30. The molecule has 0 aromatic carbocycles. The third-order valence-corrected chi connectivity index (χ3v) is 6.00. The Bertz CT molecular complexity index is 336. The zero-order chi connectivity index (χ0) is 10.9. The van der Waals surface area contributed by atoms with Crippen molar-refractivity contribution in [3.8, 4) is 0 Å². The first kappa shape index (κ1) is 9.93. The fourth-order valence-electron chi connectivity index (χ4n) is 5.30. The van der Waals surface area contributed by atoms with Gasteiger partial charge in [-0.2, -0.15) is 0 Å². The van der Waals surface area contributed by atoms with Crippen LogP contribution < -0.4 is 0 Å². The number of allylic oxidation sites excluding steroid dienone is 2. The van der Waals surface area contributed by atoms with Gasteiger partial charge >= 0.3 is 0 Å². The maximum Gasteiger partial charge on any atom is -0.00568 e. The van der Waals surface area contributed by atoms with E-state index in [1.54, 1.807) is 5.57 Å². The van der Waals surface area contributed by atoms with Crippen LogP contribution >= 0.6 is 0 Å². The van der Waals surface area contributed by atoms with Gasteiger partial charge in [0.05, 0.1) is 0 Å². The topological polar surface area (TPSA) is 0 Å². The molecule has 2 saturated carbocycles. The molecule has 0 saturated heterocycles. The van der Waals surface area contributed by atoms with E-state index in [2.05, 4.69) is 33.8 Å². The highest BCUT2D eigenvalue weighted by Crippen LogP contribution is 2.73. The quantitative estimate of drug-likeness (QED) is 0.507. The van der Waals surface area contributed by atoms with Crippen LogP contribution in [-0.2, 0) is 0 Å². The second-order valence-electron chi connectivity index (χ2n) is 7.34. The summed E-state index contributed by atoms with van der Waals surface area (Å²) in [7, 11) is 0. The molecule has 0 heterocycles. The van der Waals surface area contributed by atoms with Crippen molar-refractivity contribution in [2.45, 2.75) is 59.8 Å². The summed E-state index contributed by atoms with van der Waals surface area (Å²) in [5, 5.41) is 0. The molecule has 0 aromatic heterocycles. The van der Waals surface area contributed by atoms with Gasteiger partial charge in [-0.15, -0.1) is 0 Å². The Morgan fingerprint density at radius 1 is 1.20 bits per heavy atom. The van der Waals surface area contributed by atoms with Crippen LogP contribution in [0.5, 0.6) is 0 Å². The monoisotopic (exact) mass is 204 g/mol. The summed E-state index contributed by atoms with van der Waals surface area (Å²) >= 11 is 0. The summed E-state index contributed by atoms with van der Waals surface area (Å²) in [5.74, 6) is 0.903. The average Bonchev–Trinajstić information content (AvgIpc) is 2.59. The summed E-state index contributed by atoms with van der Waals surface area (Å²) < 4.78 is 0. The highest BCUT2D eigenvalue weighted by Gasteiger charge is 2.64. The molecule has 0 heteroatoms.